The second-order valence-electron chi connectivity index (χ2n) is 5.38. The van der Waals surface area contributed by atoms with Crippen molar-refractivity contribution in [1.82, 2.24) is 15.6 Å². The number of hydrogen-bond donors (Lipinski definition) is 2. The first-order valence-corrected chi connectivity index (χ1v) is 8.92. The fourth-order valence-electron chi connectivity index (χ4n) is 2.39. The normalized spacial score (nSPS) is 13.2. The third-order valence-electron chi connectivity index (χ3n) is 3.70. The summed E-state index contributed by atoms with van der Waals surface area (Å²) in [6, 6.07) is 5.95. The van der Waals surface area contributed by atoms with Crippen LogP contribution in [-0.4, -0.2) is 31.3 Å². The minimum atomic E-state index is 0.297. The van der Waals surface area contributed by atoms with Gasteiger partial charge in [-0.25, -0.2) is 4.98 Å². The highest BCUT2D eigenvalue weighted by Gasteiger charge is 2.13. The summed E-state index contributed by atoms with van der Waals surface area (Å²) in [4.78, 5) is 8.82. The number of hydrogen-bond acceptors (Lipinski definition) is 5. The fourth-order valence-corrected chi connectivity index (χ4v) is 3.17. The molecule has 0 atom stereocenters. The lowest BCUT2D eigenvalue weighted by Crippen LogP contribution is -2.37. The van der Waals surface area contributed by atoms with Gasteiger partial charge in [0.15, 0.2) is 17.5 Å². The second kappa shape index (κ2) is 8.01. The SMILES string of the molecule is CCc1nc(CCNC(=NC)NCc2ccc3c(c2)OCO3)cs1. The van der Waals surface area contributed by atoms with Gasteiger partial charge in [-0.05, 0) is 24.1 Å². The van der Waals surface area contributed by atoms with Crippen molar-refractivity contribution in [2.45, 2.75) is 26.3 Å². The number of aryl methyl sites for hydroxylation is 1. The van der Waals surface area contributed by atoms with Gasteiger partial charge in [0.1, 0.15) is 0 Å². The third kappa shape index (κ3) is 4.17. The van der Waals surface area contributed by atoms with E-state index in [1.807, 2.05) is 18.2 Å². The Hall–Kier alpha value is -2.28. The molecule has 2 N–H and O–H groups in total. The van der Waals surface area contributed by atoms with Gasteiger partial charge < -0.3 is 20.1 Å². The Bertz CT molecular complexity index is 714. The van der Waals surface area contributed by atoms with E-state index < -0.39 is 0 Å². The number of benzene rings is 1. The molecule has 1 aromatic heterocycles. The van der Waals surface area contributed by atoms with Crippen LogP contribution in [0.2, 0.25) is 0 Å². The molecule has 0 amide bonds. The zero-order valence-electron chi connectivity index (χ0n) is 14.0. The molecule has 2 heterocycles. The quantitative estimate of drug-likeness (QED) is 0.621. The Balaban J connectivity index is 1.45. The summed E-state index contributed by atoms with van der Waals surface area (Å²) in [5.74, 6) is 2.38. The van der Waals surface area contributed by atoms with E-state index in [4.69, 9.17) is 9.47 Å². The van der Waals surface area contributed by atoms with Crippen LogP contribution in [0, 0.1) is 0 Å². The van der Waals surface area contributed by atoms with E-state index in [0.717, 1.165) is 48.1 Å². The topological polar surface area (TPSA) is 67.8 Å². The average Bonchev–Trinajstić information content (AvgIpc) is 3.26. The van der Waals surface area contributed by atoms with Crippen LogP contribution in [0.15, 0.2) is 28.6 Å². The molecule has 0 bridgehead atoms. The molecule has 6 nitrogen and oxygen atoms in total. The smallest absolute Gasteiger partial charge is 0.231 e. The van der Waals surface area contributed by atoms with Crippen molar-refractivity contribution in [1.29, 1.82) is 0 Å². The molecule has 0 saturated heterocycles. The Morgan fingerprint density at radius 1 is 1.29 bits per heavy atom. The fraction of sp³-hybridized carbons (Fsp3) is 0.412. The van der Waals surface area contributed by atoms with Gasteiger partial charge in [0.05, 0.1) is 10.7 Å². The summed E-state index contributed by atoms with van der Waals surface area (Å²) in [6.45, 7) is 3.90. The maximum absolute atomic E-state index is 5.40. The number of nitrogens with zero attached hydrogens (tertiary/aromatic N) is 2. The zero-order chi connectivity index (χ0) is 16.8. The van der Waals surface area contributed by atoms with Crippen LogP contribution in [0.4, 0.5) is 0 Å². The van der Waals surface area contributed by atoms with E-state index in [1.165, 1.54) is 5.01 Å². The van der Waals surface area contributed by atoms with Crippen LogP contribution in [0.3, 0.4) is 0 Å². The highest BCUT2D eigenvalue weighted by Crippen LogP contribution is 2.32. The predicted octanol–water partition coefficient (Wildman–Crippen LogP) is 2.34. The van der Waals surface area contributed by atoms with Crippen LogP contribution in [0.1, 0.15) is 23.2 Å². The summed E-state index contributed by atoms with van der Waals surface area (Å²) in [6.07, 6.45) is 1.89. The molecule has 0 spiro atoms. The minimum absolute atomic E-state index is 0.297. The van der Waals surface area contributed by atoms with Gasteiger partial charge in [-0.3, -0.25) is 4.99 Å². The van der Waals surface area contributed by atoms with E-state index in [9.17, 15) is 0 Å². The van der Waals surface area contributed by atoms with E-state index in [2.05, 4.69) is 32.9 Å². The maximum atomic E-state index is 5.40. The highest BCUT2D eigenvalue weighted by molar-refractivity contribution is 7.09. The van der Waals surface area contributed by atoms with Crippen LogP contribution in [0.25, 0.3) is 0 Å². The summed E-state index contributed by atoms with van der Waals surface area (Å²) in [7, 11) is 1.77. The lowest BCUT2D eigenvalue weighted by Gasteiger charge is -2.11. The van der Waals surface area contributed by atoms with Gasteiger partial charge >= 0.3 is 0 Å². The van der Waals surface area contributed by atoms with Gasteiger partial charge in [0.25, 0.3) is 0 Å². The molecule has 0 unspecified atom stereocenters. The molecule has 7 heteroatoms. The Kier molecular flexibility index (Phi) is 5.53. The molecule has 128 valence electrons. The van der Waals surface area contributed by atoms with Gasteiger partial charge in [0, 0.05) is 31.9 Å². The van der Waals surface area contributed by atoms with Gasteiger partial charge in [0.2, 0.25) is 6.79 Å². The molecule has 24 heavy (non-hydrogen) atoms. The van der Waals surface area contributed by atoms with Gasteiger partial charge in [-0.1, -0.05) is 13.0 Å². The third-order valence-corrected chi connectivity index (χ3v) is 4.74. The number of ether oxygens (including phenoxy) is 2. The molecule has 0 saturated carbocycles. The number of fused-ring (bicyclic) bond motifs is 1. The average molecular weight is 346 g/mol. The van der Waals surface area contributed by atoms with Gasteiger partial charge in [-0.15, -0.1) is 11.3 Å². The largest absolute Gasteiger partial charge is 0.454 e. The lowest BCUT2D eigenvalue weighted by molar-refractivity contribution is 0.174. The Labute approximate surface area is 145 Å². The first-order valence-electron chi connectivity index (χ1n) is 8.05. The van der Waals surface area contributed by atoms with Crippen molar-refractivity contribution in [3.8, 4) is 11.5 Å². The maximum Gasteiger partial charge on any atom is 0.231 e. The van der Waals surface area contributed by atoms with Crippen molar-refractivity contribution in [3.63, 3.8) is 0 Å². The first kappa shape index (κ1) is 16.6. The van der Waals surface area contributed by atoms with Crippen LogP contribution in [-0.2, 0) is 19.4 Å². The van der Waals surface area contributed by atoms with Gasteiger partial charge in [-0.2, -0.15) is 0 Å². The van der Waals surface area contributed by atoms with E-state index >= 15 is 0 Å². The van der Waals surface area contributed by atoms with Crippen molar-refractivity contribution in [2.24, 2.45) is 4.99 Å². The molecular formula is C17H22N4O2S. The first-order chi connectivity index (χ1) is 11.8. The second-order valence-corrected chi connectivity index (χ2v) is 6.32. The number of guanidine groups is 1. The lowest BCUT2D eigenvalue weighted by atomic mass is 10.2. The van der Waals surface area contributed by atoms with Crippen LogP contribution >= 0.6 is 11.3 Å². The molecule has 2 aromatic rings. The number of nitrogens with one attached hydrogen (secondary N) is 2. The number of aromatic nitrogens is 1. The molecule has 0 aliphatic carbocycles. The Morgan fingerprint density at radius 2 is 2.17 bits per heavy atom. The number of thiazole rings is 1. The summed E-state index contributed by atoms with van der Waals surface area (Å²) in [5.41, 5.74) is 2.25. The molecule has 0 radical (unpaired) electrons. The molecular weight excluding hydrogens is 324 g/mol. The molecule has 0 fully saturated rings. The van der Waals surface area contributed by atoms with Crippen molar-refractivity contribution >= 4 is 17.3 Å². The van der Waals surface area contributed by atoms with E-state index in [-0.39, 0.29) is 0 Å². The minimum Gasteiger partial charge on any atom is -0.454 e. The van der Waals surface area contributed by atoms with Crippen LogP contribution < -0.4 is 20.1 Å². The van der Waals surface area contributed by atoms with E-state index in [1.54, 1.807) is 18.4 Å². The summed E-state index contributed by atoms with van der Waals surface area (Å²) >= 11 is 1.72. The summed E-state index contributed by atoms with van der Waals surface area (Å²) < 4.78 is 10.7. The molecule has 1 aliphatic rings. The molecule has 1 aromatic carbocycles. The van der Waals surface area contributed by atoms with Crippen molar-refractivity contribution in [2.75, 3.05) is 20.4 Å². The predicted molar refractivity (Wildman–Crippen MR) is 96.0 cm³/mol. The number of rotatable bonds is 6. The van der Waals surface area contributed by atoms with Crippen LogP contribution in [0.5, 0.6) is 11.5 Å². The summed E-state index contributed by atoms with van der Waals surface area (Å²) in [5, 5.41) is 9.94. The Morgan fingerprint density at radius 3 is 2.96 bits per heavy atom. The standard InChI is InChI=1S/C17H22N4O2S/c1-3-16-21-13(10-24-16)6-7-19-17(18-2)20-9-12-4-5-14-15(8-12)23-11-22-14/h4-5,8,10H,3,6-7,9,11H2,1-2H3,(H2,18,19,20). The monoisotopic (exact) mass is 346 g/mol. The highest BCUT2D eigenvalue weighted by atomic mass is 32.1. The zero-order valence-corrected chi connectivity index (χ0v) is 14.8. The van der Waals surface area contributed by atoms with Crippen molar-refractivity contribution < 1.29 is 9.47 Å². The van der Waals surface area contributed by atoms with E-state index in [0.29, 0.717) is 13.3 Å². The molecule has 3 rings (SSSR count). The molecule has 1 aliphatic heterocycles. The van der Waals surface area contributed by atoms with Crippen molar-refractivity contribution in [3.05, 3.63) is 39.8 Å². The number of aliphatic imine (C=N–C) groups is 1.